The van der Waals surface area contributed by atoms with Crippen LogP contribution >= 0.6 is 15.9 Å². The lowest BCUT2D eigenvalue weighted by atomic mass is 9.95. The molecule has 0 spiro atoms. The first-order chi connectivity index (χ1) is 9.10. The van der Waals surface area contributed by atoms with Crippen LogP contribution in [0.25, 0.3) is 0 Å². The summed E-state index contributed by atoms with van der Waals surface area (Å²) in [5, 5.41) is 0. The minimum absolute atomic E-state index is 0.0561. The largest absolute Gasteiger partial charge is 0.324 e. The predicted octanol–water partition coefficient (Wildman–Crippen LogP) is 4.56. The molecule has 0 aliphatic carbocycles. The highest BCUT2D eigenvalue weighted by molar-refractivity contribution is 9.10. The summed E-state index contributed by atoms with van der Waals surface area (Å²) in [6.07, 6.45) is 1.96. The zero-order valence-electron chi connectivity index (χ0n) is 11.5. The first-order valence-corrected chi connectivity index (χ1v) is 7.49. The maximum atomic E-state index is 6.33. The van der Waals surface area contributed by atoms with Crippen LogP contribution in [0.5, 0.6) is 0 Å². The SMILES string of the molecule is CCc1ccc(CC(N)c2ccc(Br)cc2C)cc1. The minimum Gasteiger partial charge on any atom is -0.324 e. The van der Waals surface area contributed by atoms with E-state index in [1.54, 1.807) is 0 Å². The van der Waals surface area contributed by atoms with Crippen molar-refractivity contribution in [1.29, 1.82) is 0 Å². The Labute approximate surface area is 124 Å². The van der Waals surface area contributed by atoms with Gasteiger partial charge in [-0.25, -0.2) is 0 Å². The molecule has 1 unspecified atom stereocenters. The van der Waals surface area contributed by atoms with E-state index in [0.29, 0.717) is 0 Å². The average molecular weight is 318 g/mol. The smallest absolute Gasteiger partial charge is 0.0338 e. The van der Waals surface area contributed by atoms with Crippen LogP contribution in [0.1, 0.15) is 35.2 Å². The van der Waals surface area contributed by atoms with E-state index >= 15 is 0 Å². The summed E-state index contributed by atoms with van der Waals surface area (Å²) in [6, 6.07) is 15.1. The molecule has 2 aromatic rings. The van der Waals surface area contributed by atoms with Gasteiger partial charge in [-0.1, -0.05) is 53.2 Å². The van der Waals surface area contributed by atoms with E-state index in [0.717, 1.165) is 17.3 Å². The fraction of sp³-hybridized carbons (Fsp3) is 0.294. The van der Waals surface area contributed by atoms with Crippen LogP contribution in [-0.4, -0.2) is 0 Å². The fourth-order valence-corrected chi connectivity index (χ4v) is 2.81. The first-order valence-electron chi connectivity index (χ1n) is 6.69. The van der Waals surface area contributed by atoms with Crippen molar-refractivity contribution in [2.45, 2.75) is 32.7 Å². The Bertz CT molecular complexity index is 546. The molecule has 0 heterocycles. The van der Waals surface area contributed by atoms with Gasteiger partial charge in [-0.15, -0.1) is 0 Å². The topological polar surface area (TPSA) is 26.0 Å². The van der Waals surface area contributed by atoms with Crippen LogP contribution in [0, 0.1) is 6.92 Å². The number of nitrogens with two attached hydrogens (primary N) is 1. The molecule has 19 heavy (non-hydrogen) atoms. The molecule has 0 saturated carbocycles. The summed E-state index contributed by atoms with van der Waals surface area (Å²) in [5.41, 5.74) is 11.5. The molecule has 0 radical (unpaired) electrons. The molecule has 0 aliphatic rings. The van der Waals surface area contributed by atoms with Gasteiger partial charge in [0.15, 0.2) is 0 Å². The summed E-state index contributed by atoms with van der Waals surface area (Å²) in [5.74, 6) is 0. The molecule has 2 N–H and O–H groups in total. The summed E-state index contributed by atoms with van der Waals surface area (Å²) in [7, 11) is 0. The van der Waals surface area contributed by atoms with Crippen molar-refractivity contribution in [2.24, 2.45) is 5.73 Å². The molecule has 0 bridgehead atoms. The monoisotopic (exact) mass is 317 g/mol. The van der Waals surface area contributed by atoms with E-state index in [-0.39, 0.29) is 6.04 Å². The molecule has 2 rings (SSSR count). The van der Waals surface area contributed by atoms with E-state index in [2.05, 4.69) is 72.2 Å². The van der Waals surface area contributed by atoms with Crippen molar-refractivity contribution in [1.82, 2.24) is 0 Å². The first kappa shape index (κ1) is 14.3. The standard InChI is InChI=1S/C17H20BrN/c1-3-13-4-6-14(7-5-13)11-17(19)16-9-8-15(18)10-12(16)2/h4-10,17H,3,11,19H2,1-2H3. The highest BCUT2D eigenvalue weighted by atomic mass is 79.9. The Kier molecular flexibility index (Phi) is 4.78. The number of halogens is 1. The molecule has 1 atom stereocenters. The number of aryl methyl sites for hydroxylation is 2. The van der Waals surface area contributed by atoms with Crippen molar-refractivity contribution < 1.29 is 0 Å². The van der Waals surface area contributed by atoms with Crippen LogP contribution in [0.15, 0.2) is 46.9 Å². The van der Waals surface area contributed by atoms with Crippen LogP contribution in [0.3, 0.4) is 0 Å². The van der Waals surface area contributed by atoms with Gasteiger partial charge in [-0.2, -0.15) is 0 Å². The molecule has 0 saturated heterocycles. The van der Waals surface area contributed by atoms with Gasteiger partial charge in [0.2, 0.25) is 0 Å². The second kappa shape index (κ2) is 6.36. The third-order valence-electron chi connectivity index (χ3n) is 3.52. The molecule has 1 nitrogen and oxygen atoms in total. The number of rotatable bonds is 4. The Morgan fingerprint density at radius 1 is 1.05 bits per heavy atom. The van der Waals surface area contributed by atoms with E-state index in [1.165, 1.54) is 22.3 Å². The van der Waals surface area contributed by atoms with Crippen molar-refractivity contribution >= 4 is 15.9 Å². The third kappa shape index (κ3) is 3.68. The van der Waals surface area contributed by atoms with Crippen LogP contribution < -0.4 is 5.73 Å². The molecule has 0 fully saturated rings. The maximum Gasteiger partial charge on any atom is 0.0338 e. The normalized spacial score (nSPS) is 12.4. The van der Waals surface area contributed by atoms with Crippen molar-refractivity contribution in [2.75, 3.05) is 0 Å². The lowest BCUT2D eigenvalue weighted by Gasteiger charge is -2.15. The molecule has 0 aliphatic heterocycles. The van der Waals surface area contributed by atoms with Crippen LogP contribution in [0.4, 0.5) is 0 Å². The summed E-state index contributed by atoms with van der Waals surface area (Å²) < 4.78 is 1.10. The van der Waals surface area contributed by atoms with Gasteiger partial charge in [-0.3, -0.25) is 0 Å². The highest BCUT2D eigenvalue weighted by Crippen LogP contribution is 2.23. The summed E-state index contributed by atoms with van der Waals surface area (Å²) in [6.45, 7) is 4.28. The zero-order chi connectivity index (χ0) is 13.8. The molecule has 0 aromatic heterocycles. The second-order valence-electron chi connectivity index (χ2n) is 4.98. The average Bonchev–Trinajstić information content (AvgIpc) is 2.39. The fourth-order valence-electron chi connectivity index (χ4n) is 2.33. The van der Waals surface area contributed by atoms with Gasteiger partial charge in [0, 0.05) is 10.5 Å². The number of benzene rings is 2. The predicted molar refractivity (Wildman–Crippen MR) is 85.3 cm³/mol. The van der Waals surface area contributed by atoms with E-state index < -0.39 is 0 Å². The second-order valence-corrected chi connectivity index (χ2v) is 5.90. The van der Waals surface area contributed by atoms with Gasteiger partial charge in [0.05, 0.1) is 0 Å². The summed E-state index contributed by atoms with van der Waals surface area (Å²) >= 11 is 3.49. The lowest BCUT2D eigenvalue weighted by Crippen LogP contribution is -2.14. The Morgan fingerprint density at radius 2 is 1.68 bits per heavy atom. The maximum absolute atomic E-state index is 6.33. The van der Waals surface area contributed by atoms with Gasteiger partial charge in [0.25, 0.3) is 0 Å². The van der Waals surface area contributed by atoms with Gasteiger partial charge in [-0.05, 0) is 54.2 Å². The van der Waals surface area contributed by atoms with Gasteiger partial charge < -0.3 is 5.73 Å². The van der Waals surface area contributed by atoms with Crippen molar-refractivity contribution in [3.63, 3.8) is 0 Å². The van der Waals surface area contributed by atoms with Gasteiger partial charge >= 0.3 is 0 Å². The van der Waals surface area contributed by atoms with E-state index in [4.69, 9.17) is 5.73 Å². The van der Waals surface area contributed by atoms with Crippen LogP contribution in [0.2, 0.25) is 0 Å². The van der Waals surface area contributed by atoms with Crippen molar-refractivity contribution in [3.05, 3.63) is 69.2 Å². The molecule has 2 aromatic carbocycles. The van der Waals surface area contributed by atoms with Crippen molar-refractivity contribution in [3.8, 4) is 0 Å². The molecular formula is C17H20BrN. The quantitative estimate of drug-likeness (QED) is 0.878. The molecular weight excluding hydrogens is 298 g/mol. The number of hydrogen-bond donors (Lipinski definition) is 1. The minimum atomic E-state index is 0.0561. The number of hydrogen-bond acceptors (Lipinski definition) is 1. The van der Waals surface area contributed by atoms with E-state index in [9.17, 15) is 0 Å². The Hall–Kier alpha value is -1.12. The third-order valence-corrected chi connectivity index (χ3v) is 4.01. The molecule has 2 heteroatoms. The molecule has 100 valence electrons. The zero-order valence-corrected chi connectivity index (χ0v) is 13.1. The Balaban J connectivity index is 2.13. The molecule has 0 amide bonds. The lowest BCUT2D eigenvalue weighted by molar-refractivity contribution is 0.716. The summed E-state index contributed by atoms with van der Waals surface area (Å²) in [4.78, 5) is 0. The highest BCUT2D eigenvalue weighted by Gasteiger charge is 2.10. The van der Waals surface area contributed by atoms with Gasteiger partial charge in [0.1, 0.15) is 0 Å². The Morgan fingerprint density at radius 3 is 2.26 bits per heavy atom. The van der Waals surface area contributed by atoms with E-state index in [1.807, 2.05) is 0 Å². The van der Waals surface area contributed by atoms with Crippen LogP contribution in [-0.2, 0) is 12.8 Å².